The number of pyridine rings is 2. The van der Waals surface area contributed by atoms with Gasteiger partial charge >= 0.3 is 0 Å². The third-order valence-electron chi connectivity index (χ3n) is 9.21. The van der Waals surface area contributed by atoms with Crippen molar-refractivity contribution >= 4 is 57.7 Å². The van der Waals surface area contributed by atoms with Gasteiger partial charge in [-0.3, -0.25) is 28.6 Å². The molecular weight excluding hydrogens is 634 g/mol. The second-order valence-corrected chi connectivity index (χ2v) is 12.9. The van der Waals surface area contributed by atoms with E-state index in [0.29, 0.717) is 48.0 Å². The lowest BCUT2D eigenvalue weighted by Gasteiger charge is -2.35. The summed E-state index contributed by atoms with van der Waals surface area (Å²) < 4.78 is 1.70. The highest BCUT2D eigenvalue weighted by molar-refractivity contribution is 6.27. The number of Topliss-reactive ketones (excluding diaryl/α,β-unsaturated/α-hetero) is 1. The molecule has 1 saturated heterocycles. The number of fused-ring (bicyclic) bond motifs is 1. The van der Waals surface area contributed by atoms with Gasteiger partial charge in [0.25, 0.3) is 5.56 Å². The number of piperazine rings is 1. The Morgan fingerprint density at radius 3 is 2.23 bits per heavy atom. The smallest absolute Gasteiger partial charge is 0.263 e. The molecule has 0 radical (unpaired) electrons. The third kappa shape index (κ3) is 8.87. The molecule has 1 aliphatic carbocycles. The Morgan fingerprint density at radius 1 is 0.917 bits per heavy atom. The minimum Gasteiger partial charge on any atom is -0.368 e. The van der Waals surface area contributed by atoms with Crippen LogP contribution >= 0.6 is 11.6 Å². The molecule has 3 aromatic rings. The molecule has 13 nitrogen and oxygen atoms in total. The number of anilines is 3. The Labute approximate surface area is 285 Å². The largest absolute Gasteiger partial charge is 0.368 e. The van der Waals surface area contributed by atoms with E-state index in [0.717, 1.165) is 83.2 Å². The van der Waals surface area contributed by atoms with Crippen molar-refractivity contribution in [1.82, 2.24) is 35.1 Å². The summed E-state index contributed by atoms with van der Waals surface area (Å²) in [4.78, 5) is 67.7. The quantitative estimate of drug-likeness (QED) is 0.123. The van der Waals surface area contributed by atoms with Crippen LogP contribution in [0.5, 0.6) is 0 Å². The molecule has 48 heavy (non-hydrogen) atoms. The summed E-state index contributed by atoms with van der Waals surface area (Å²) in [5, 5.41) is 9.66. The first-order valence-corrected chi connectivity index (χ1v) is 17.5. The van der Waals surface area contributed by atoms with E-state index in [9.17, 15) is 19.2 Å². The van der Waals surface area contributed by atoms with Crippen LogP contribution in [-0.4, -0.2) is 93.7 Å². The normalized spacial score (nSPS) is 15.5. The standard InChI is InChI=1S/C34H46ClN9O4/c1-23-27-21-39-34(41-32(27)44(25-9-5-6-10-25)33(48)31(23)24(2)45)40-28-12-11-26(20-38-28)43-17-15-42(16-18-43)22-30(47)37-14-8-4-3-7-13-36-29(46)19-35/h11-12,20-21,25H,3-10,13-19,22H2,1-2H3,(H,36,46)(H,37,47)(H,38,39,40,41). The summed E-state index contributed by atoms with van der Waals surface area (Å²) in [6.45, 7) is 8.03. The Morgan fingerprint density at radius 2 is 1.60 bits per heavy atom. The second-order valence-electron chi connectivity index (χ2n) is 12.6. The molecule has 0 unspecified atom stereocenters. The highest BCUT2D eigenvalue weighted by Crippen LogP contribution is 2.32. The van der Waals surface area contributed by atoms with Crippen LogP contribution in [0.4, 0.5) is 17.5 Å². The van der Waals surface area contributed by atoms with E-state index in [-0.39, 0.29) is 40.6 Å². The van der Waals surface area contributed by atoms with Crippen molar-refractivity contribution in [3.05, 3.63) is 46.0 Å². The molecule has 258 valence electrons. The Bertz CT molecular complexity index is 1650. The fraction of sp³-hybridized carbons (Fsp3) is 0.559. The van der Waals surface area contributed by atoms with Crippen LogP contribution in [0.25, 0.3) is 11.0 Å². The fourth-order valence-corrected chi connectivity index (χ4v) is 6.69. The number of halogens is 1. The number of nitrogens with zero attached hydrogens (tertiary/aromatic N) is 6. The van der Waals surface area contributed by atoms with Crippen molar-refractivity contribution in [2.75, 3.05) is 61.9 Å². The SMILES string of the molecule is CC(=O)c1c(C)c2cnc(Nc3ccc(N4CCN(CC(=O)NCCCCCCNC(=O)CCl)CC4)cn3)nc2n(C2CCCC2)c1=O. The lowest BCUT2D eigenvalue weighted by molar-refractivity contribution is -0.122. The molecule has 0 spiro atoms. The Hall–Kier alpha value is -4.10. The van der Waals surface area contributed by atoms with Crippen molar-refractivity contribution in [1.29, 1.82) is 0 Å². The number of nitrogens with one attached hydrogen (secondary N) is 3. The maximum absolute atomic E-state index is 13.5. The number of hydrogen-bond acceptors (Lipinski definition) is 10. The highest BCUT2D eigenvalue weighted by atomic mass is 35.5. The molecule has 0 bridgehead atoms. The summed E-state index contributed by atoms with van der Waals surface area (Å²) in [6, 6.07) is 3.90. The predicted molar refractivity (Wildman–Crippen MR) is 187 cm³/mol. The zero-order valence-electron chi connectivity index (χ0n) is 27.9. The van der Waals surface area contributed by atoms with Crippen LogP contribution in [-0.2, 0) is 9.59 Å². The Balaban J connectivity index is 1.10. The summed E-state index contributed by atoms with van der Waals surface area (Å²) >= 11 is 5.46. The minimum absolute atomic E-state index is 0.00733. The number of ketones is 1. The summed E-state index contributed by atoms with van der Waals surface area (Å²) in [7, 11) is 0. The molecular formula is C34H46ClN9O4. The zero-order valence-corrected chi connectivity index (χ0v) is 28.7. The van der Waals surface area contributed by atoms with Crippen LogP contribution in [0.15, 0.2) is 29.3 Å². The molecule has 0 atom stereocenters. The van der Waals surface area contributed by atoms with Crippen molar-refractivity contribution in [2.45, 2.75) is 71.3 Å². The third-order valence-corrected chi connectivity index (χ3v) is 9.45. The van der Waals surface area contributed by atoms with Crippen molar-refractivity contribution in [3.8, 4) is 0 Å². The molecule has 2 aliphatic rings. The molecule has 14 heteroatoms. The number of aromatic nitrogens is 4. The molecule has 2 fully saturated rings. The molecule has 2 amide bonds. The van der Waals surface area contributed by atoms with Crippen LogP contribution in [0.2, 0.25) is 0 Å². The fourth-order valence-electron chi connectivity index (χ4n) is 6.60. The van der Waals surface area contributed by atoms with Crippen molar-refractivity contribution < 1.29 is 14.4 Å². The lowest BCUT2D eigenvalue weighted by atomic mass is 10.0. The van der Waals surface area contributed by atoms with Gasteiger partial charge in [-0.1, -0.05) is 25.7 Å². The number of aryl methyl sites for hydroxylation is 1. The van der Waals surface area contributed by atoms with Crippen LogP contribution in [0, 0.1) is 6.92 Å². The van der Waals surface area contributed by atoms with Gasteiger partial charge in [-0.2, -0.15) is 4.98 Å². The van der Waals surface area contributed by atoms with Gasteiger partial charge in [0.1, 0.15) is 17.3 Å². The topological polar surface area (TPSA) is 154 Å². The molecule has 3 aromatic heterocycles. The van der Waals surface area contributed by atoms with Gasteiger partial charge in [-0.25, -0.2) is 9.97 Å². The predicted octanol–water partition coefficient (Wildman–Crippen LogP) is 3.71. The van der Waals surface area contributed by atoms with E-state index >= 15 is 0 Å². The number of amides is 2. The van der Waals surface area contributed by atoms with Crippen LogP contribution in [0.1, 0.15) is 80.3 Å². The second kappa shape index (κ2) is 16.8. The first kappa shape index (κ1) is 35.2. The maximum atomic E-state index is 13.5. The van der Waals surface area contributed by atoms with Crippen molar-refractivity contribution in [2.24, 2.45) is 0 Å². The van der Waals surface area contributed by atoms with Gasteiger partial charge in [0.2, 0.25) is 17.8 Å². The van der Waals surface area contributed by atoms with E-state index < -0.39 is 0 Å². The van der Waals surface area contributed by atoms with E-state index in [2.05, 4.69) is 35.7 Å². The first-order valence-electron chi connectivity index (χ1n) is 17.0. The number of carbonyl (C=O) groups is 3. The number of rotatable bonds is 15. The molecule has 0 aromatic carbocycles. The summed E-state index contributed by atoms with van der Waals surface area (Å²) in [6.07, 6.45) is 11.2. The van der Waals surface area contributed by atoms with Crippen molar-refractivity contribution in [3.63, 3.8) is 0 Å². The molecule has 4 heterocycles. The summed E-state index contributed by atoms with van der Waals surface area (Å²) in [5.41, 5.74) is 2.08. The lowest BCUT2D eigenvalue weighted by Crippen LogP contribution is -2.49. The van der Waals surface area contributed by atoms with Crippen LogP contribution < -0.4 is 26.4 Å². The number of carbonyl (C=O) groups excluding carboxylic acids is 3. The number of unbranched alkanes of at least 4 members (excludes halogenated alkanes) is 3. The van der Waals surface area contributed by atoms with Gasteiger partial charge in [-0.05, 0) is 57.2 Å². The summed E-state index contributed by atoms with van der Waals surface area (Å²) in [5.74, 6) is 0.568. The number of alkyl halides is 1. The van der Waals surface area contributed by atoms with Gasteiger partial charge in [-0.15, -0.1) is 11.6 Å². The van der Waals surface area contributed by atoms with Gasteiger partial charge in [0.15, 0.2) is 5.78 Å². The monoisotopic (exact) mass is 679 g/mol. The van der Waals surface area contributed by atoms with Crippen LogP contribution in [0.3, 0.4) is 0 Å². The van der Waals surface area contributed by atoms with Gasteiger partial charge in [0.05, 0.1) is 24.0 Å². The average molecular weight is 680 g/mol. The highest BCUT2D eigenvalue weighted by Gasteiger charge is 2.26. The van der Waals surface area contributed by atoms with E-state index in [1.54, 1.807) is 17.7 Å². The van der Waals surface area contributed by atoms with Gasteiger partial charge in [0, 0.05) is 56.9 Å². The average Bonchev–Trinajstić information content (AvgIpc) is 3.61. The van der Waals surface area contributed by atoms with Gasteiger partial charge < -0.3 is 20.9 Å². The zero-order chi connectivity index (χ0) is 34.0. The van der Waals surface area contributed by atoms with E-state index in [1.807, 2.05) is 18.3 Å². The molecule has 5 rings (SSSR count). The number of hydrogen-bond donors (Lipinski definition) is 3. The molecule has 1 saturated carbocycles. The maximum Gasteiger partial charge on any atom is 0.263 e. The first-order chi connectivity index (χ1) is 23.2. The minimum atomic E-state index is -0.276. The molecule has 3 N–H and O–H groups in total. The molecule has 1 aliphatic heterocycles. The van der Waals surface area contributed by atoms with E-state index in [1.165, 1.54) is 6.92 Å². The Kier molecular flexibility index (Phi) is 12.3. The van der Waals surface area contributed by atoms with E-state index in [4.69, 9.17) is 16.6 Å².